The molecule has 0 amide bonds. The molecule has 2 aliphatic rings. The summed E-state index contributed by atoms with van der Waals surface area (Å²) in [5.74, 6) is -0.262. The van der Waals surface area contributed by atoms with Gasteiger partial charge in [0.1, 0.15) is 0 Å². The monoisotopic (exact) mass is 516 g/mol. The Morgan fingerprint density at radius 1 is 1.14 bits per heavy atom. The highest BCUT2D eigenvalue weighted by Gasteiger charge is 2.51. The van der Waals surface area contributed by atoms with E-state index in [2.05, 4.69) is 46.9 Å². The third-order valence-electron chi connectivity index (χ3n) is 9.90. The van der Waals surface area contributed by atoms with Gasteiger partial charge in [-0.1, -0.05) is 49.8 Å². The summed E-state index contributed by atoms with van der Waals surface area (Å²) in [6.45, 7) is 23.5. The van der Waals surface area contributed by atoms with Gasteiger partial charge in [-0.05, 0) is 114 Å². The molecule has 210 valence electrons. The molecule has 0 radical (unpaired) electrons. The van der Waals surface area contributed by atoms with E-state index < -0.39 is 11.6 Å². The first-order valence-corrected chi connectivity index (χ1v) is 14.2. The Hall–Kier alpha value is -1.88. The van der Waals surface area contributed by atoms with Crippen molar-refractivity contribution in [3.05, 3.63) is 36.0 Å². The lowest BCUT2D eigenvalue weighted by molar-refractivity contribution is -0.146. The van der Waals surface area contributed by atoms with E-state index in [4.69, 9.17) is 4.74 Å². The van der Waals surface area contributed by atoms with Crippen LogP contribution in [0.5, 0.6) is 0 Å². The largest absolute Gasteiger partial charge is 0.481 e. The number of hydrogen-bond donors (Lipinski definition) is 2. The van der Waals surface area contributed by atoms with Gasteiger partial charge in [-0.2, -0.15) is 0 Å². The minimum absolute atomic E-state index is 0.0366. The van der Waals surface area contributed by atoms with Gasteiger partial charge < -0.3 is 14.9 Å². The zero-order valence-electron chi connectivity index (χ0n) is 24.5. The van der Waals surface area contributed by atoms with E-state index in [1.165, 1.54) is 11.1 Å². The summed E-state index contributed by atoms with van der Waals surface area (Å²) >= 11 is 0. The lowest BCUT2D eigenvalue weighted by atomic mass is 9.51. The Morgan fingerprint density at radius 2 is 1.73 bits per heavy atom. The average Bonchev–Trinajstić information content (AvgIpc) is 2.77. The van der Waals surface area contributed by atoms with Crippen LogP contribution in [-0.4, -0.2) is 34.4 Å². The molecule has 2 aliphatic carbocycles. The molecule has 0 unspecified atom stereocenters. The van der Waals surface area contributed by atoms with Crippen molar-refractivity contribution in [2.75, 3.05) is 6.61 Å². The molecule has 0 spiro atoms. The van der Waals surface area contributed by atoms with Crippen molar-refractivity contribution in [2.45, 2.75) is 112 Å². The second-order valence-electron chi connectivity index (χ2n) is 12.9. The summed E-state index contributed by atoms with van der Waals surface area (Å²) in [4.78, 5) is 23.9. The van der Waals surface area contributed by atoms with Gasteiger partial charge in [0.05, 0.1) is 12.2 Å². The summed E-state index contributed by atoms with van der Waals surface area (Å²) < 4.78 is 5.25. The van der Waals surface area contributed by atoms with Gasteiger partial charge in [0.25, 0.3) is 0 Å². The molecule has 0 aliphatic heterocycles. The van der Waals surface area contributed by atoms with Gasteiger partial charge in [0, 0.05) is 12.8 Å². The Kier molecular flexibility index (Phi) is 10.4. The summed E-state index contributed by atoms with van der Waals surface area (Å²) in [6, 6.07) is 0. The van der Waals surface area contributed by atoms with Crippen LogP contribution >= 0.6 is 0 Å². The SMILES string of the molecule is C=C(C)[C@@H]1CC=C(C)[C@H](CC[C@H]2C(=C)CC[C@@H](C(C)(C)O)[C@]2(C)CCC(=O)OCC)[C@@]1(C)CCC(=O)O. The number of carbonyl (C=O) groups is 2. The summed E-state index contributed by atoms with van der Waals surface area (Å²) in [5, 5.41) is 20.7. The zero-order chi connectivity index (χ0) is 28.2. The smallest absolute Gasteiger partial charge is 0.305 e. The maximum absolute atomic E-state index is 12.4. The van der Waals surface area contributed by atoms with Gasteiger partial charge in [-0.15, -0.1) is 0 Å². The van der Waals surface area contributed by atoms with Crippen molar-refractivity contribution in [3.63, 3.8) is 0 Å². The summed E-state index contributed by atoms with van der Waals surface area (Å²) in [7, 11) is 0. The lowest BCUT2D eigenvalue weighted by Crippen LogP contribution is -2.50. The molecule has 5 heteroatoms. The number of rotatable bonds is 12. The number of carboxylic acid groups (broad SMARTS) is 1. The topological polar surface area (TPSA) is 83.8 Å². The first kappa shape index (κ1) is 31.3. The first-order valence-electron chi connectivity index (χ1n) is 14.2. The van der Waals surface area contributed by atoms with Crippen LogP contribution in [0.4, 0.5) is 0 Å². The van der Waals surface area contributed by atoms with Crippen molar-refractivity contribution in [2.24, 2.45) is 34.5 Å². The number of aliphatic hydroxyl groups is 1. The van der Waals surface area contributed by atoms with Crippen LogP contribution in [0.3, 0.4) is 0 Å². The Balaban J connectivity index is 2.40. The van der Waals surface area contributed by atoms with Crippen LogP contribution in [0, 0.1) is 34.5 Å². The van der Waals surface area contributed by atoms with Crippen LogP contribution in [0.15, 0.2) is 36.0 Å². The van der Waals surface area contributed by atoms with Crippen LogP contribution in [0.1, 0.15) is 106 Å². The minimum Gasteiger partial charge on any atom is -0.481 e. The highest BCUT2D eigenvalue weighted by Crippen LogP contribution is 2.58. The Bertz CT molecular complexity index is 893. The van der Waals surface area contributed by atoms with Crippen LogP contribution < -0.4 is 0 Å². The Morgan fingerprint density at radius 3 is 2.27 bits per heavy atom. The molecule has 0 saturated heterocycles. The molecule has 37 heavy (non-hydrogen) atoms. The molecular weight excluding hydrogens is 464 g/mol. The molecule has 2 N–H and O–H groups in total. The molecule has 1 fully saturated rings. The fourth-order valence-corrected chi connectivity index (χ4v) is 8.05. The number of esters is 1. The third kappa shape index (κ3) is 7.16. The number of ether oxygens (including phenoxy) is 1. The molecular formula is C32H52O5. The number of carboxylic acids is 1. The van der Waals surface area contributed by atoms with Crippen LogP contribution in [0.25, 0.3) is 0 Å². The highest BCUT2D eigenvalue weighted by molar-refractivity contribution is 5.69. The van der Waals surface area contributed by atoms with E-state index in [9.17, 15) is 19.8 Å². The van der Waals surface area contributed by atoms with Gasteiger partial charge >= 0.3 is 11.9 Å². The maximum Gasteiger partial charge on any atom is 0.305 e. The molecule has 1 saturated carbocycles. The third-order valence-corrected chi connectivity index (χ3v) is 9.90. The summed E-state index contributed by atoms with van der Waals surface area (Å²) in [5.41, 5.74) is 2.30. The zero-order valence-corrected chi connectivity index (χ0v) is 24.5. The second-order valence-corrected chi connectivity index (χ2v) is 12.9. The minimum atomic E-state index is -0.871. The highest BCUT2D eigenvalue weighted by atomic mass is 16.5. The number of allylic oxidation sites excluding steroid dienone is 4. The van der Waals surface area contributed by atoms with Gasteiger partial charge in [0.2, 0.25) is 0 Å². The van der Waals surface area contributed by atoms with Crippen molar-refractivity contribution < 1.29 is 24.5 Å². The number of carbonyl (C=O) groups excluding carboxylic acids is 1. The maximum atomic E-state index is 12.4. The summed E-state index contributed by atoms with van der Waals surface area (Å²) in [6.07, 6.45) is 8.51. The quantitative estimate of drug-likeness (QED) is 0.207. The van der Waals surface area contributed by atoms with Crippen molar-refractivity contribution in [1.82, 2.24) is 0 Å². The fraction of sp³-hybridized carbons (Fsp3) is 0.750. The lowest BCUT2D eigenvalue weighted by Gasteiger charge is -2.54. The normalized spacial score (nSPS) is 32.5. The van der Waals surface area contributed by atoms with Crippen molar-refractivity contribution >= 4 is 11.9 Å². The van der Waals surface area contributed by atoms with Crippen molar-refractivity contribution in [3.8, 4) is 0 Å². The first-order chi connectivity index (χ1) is 17.1. The van der Waals surface area contributed by atoms with Crippen LogP contribution in [0.2, 0.25) is 0 Å². The molecule has 2 rings (SSSR count). The molecule has 0 aromatic rings. The second kappa shape index (κ2) is 12.3. The van der Waals surface area contributed by atoms with E-state index in [-0.39, 0.29) is 46.9 Å². The number of aliphatic carboxylic acids is 1. The fourth-order valence-electron chi connectivity index (χ4n) is 8.05. The van der Waals surface area contributed by atoms with E-state index in [0.29, 0.717) is 25.9 Å². The molecule has 6 atom stereocenters. The number of hydrogen-bond acceptors (Lipinski definition) is 4. The predicted molar refractivity (Wildman–Crippen MR) is 150 cm³/mol. The van der Waals surface area contributed by atoms with E-state index in [0.717, 1.165) is 37.7 Å². The standard InChI is InChI=1S/C32H52O5/c1-10-37-29(35)18-20-32(9)26(23(5)12-16-27(32)30(6,7)36)15-14-25-22(4)11-13-24(21(2)3)31(25,8)19-17-28(33)34/h11,24-27,36H,2,5,10,12-20H2,1,3-4,6-9H3,(H,33,34)/t24-,25-,26-,27-,31-,32+/m0/s1. The van der Waals surface area contributed by atoms with Crippen molar-refractivity contribution in [1.29, 1.82) is 0 Å². The molecule has 0 heterocycles. The average molecular weight is 517 g/mol. The van der Waals surface area contributed by atoms with E-state index in [1.54, 1.807) is 0 Å². The molecule has 0 bridgehead atoms. The molecule has 0 aromatic carbocycles. The van der Waals surface area contributed by atoms with Gasteiger partial charge in [-0.3, -0.25) is 9.59 Å². The molecule has 0 aromatic heterocycles. The van der Waals surface area contributed by atoms with E-state index in [1.807, 2.05) is 20.8 Å². The Labute approximate surface area is 225 Å². The molecule has 5 nitrogen and oxygen atoms in total. The van der Waals surface area contributed by atoms with Crippen LogP contribution in [-0.2, 0) is 14.3 Å². The predicted octanol–water partition coefficient (Wildman–Crippen LogP) is 7.50. The van der Waals surface area contributed by atoms with Gasteiger partial charge in [0.15, 0.2) is 0 Å². The van der Waals surface area contributed by atoms with E-state index >= 15 is 0 Å². The van der Waals surface area contributed by atoms with Gasteiger partial charge in [-0.25, -0.2) is 0 Å².